The number of ether oxygens (including phenoxy) is 1. The van der Waals surface area contributed by atoms with Crippen LogP contribution in [-0.2, 0) is 4.74 Å². The van der Waals surface area contributed by atoms with Crippen LogP contribution >= 0.6 is 11.8 Å². The Morgan fingerprint density at radius 2 is 2.29 bits per heavy atom. The maximum atomic E-state index is 5.12. The Morgan fingerprint density at radius 1 is 1.50 bits per heavy atom. The average molecular weight is 211 g/mol. The summed E-state index contributed by atoms with van der Waals surface area (Å²) in [5.74, 6) is 0.905. The minimum absolute atomic E-state index is 0.563. The third kappa shape index (κ3) is 1.83. The Bertz CT molecular complexity index is 328. The second kappa shape index (κ2) is 4.14. The summed E-state index contributed by atoms with van der Waals surface area (Å²) in [5, 5.41) is 4.67. The van der Waals surface area contributed by atoms with E-state index in [0.717, 1.165) is 29.6 Å². The first-order chi connectivity index (χ1) is 6.81. The lowest BCUT2D eigenvalue weighted by Gasteiger charge is -2.25. The van der Waals surface area contributed by atoms with Gasteiger partial charge in [-0.1, -0.05) is 11.8 Å². The Labute approximate surface area is 87.5 Å². The summed E-state index contributed by atoms with van der Waals surface area (Å²) in [4.78, 5) is 8.41. The molecule has 5 heteroatoms. The Kier molecular flexibility index (Phi) is 2.88. The largest absolute Gasteiger partial charge is 0.379 e. The highest BCUT2D eigenvalue weighted by Gasteiger charge is 2.21. The van der Waals surface area contributed by atoms with Gasteiger partial charge < -0.3 is 10.1 Å². The van der Waals surface area contributed by atoms with E-state index in [1.807, 2.05) is 14.0 Å². The Balaban J connectivity index is 2.15. The van der Waals surface area contributed by atoms with Crippen LogP contribution in [-0.4, -0.2) is 35.5 Å². The SMILES string of the molecule is CNc1ncnc(SC2COC2)c1C. The minimum Gasteiger partial charge on any atom is -0.379 e. The van der Waals surface area contributed by atoms with Gasteiger partial charge in [-0.2, -0.15) is 0 Å². The number of rotatable bonds is 3. The lowest BCUT2D eigenvalue weighted by atomic mass is 10.3. The van der Waals surface area contributed by atoms with Crippen LogP contribution in [0.2, 0.25) is 0 Å². The number of anilines is 1. The zero-order valence-corrected chi connectivity index (χ0v) is 9.10. The topological polar surface area (TPSA) is 47.0 Å². The smallest absolute Gasteiger partial charge is 0.133 e. The molecule has 0 radical (unpaired) electrons. The first-order valence-electron chi connectivity index (χ1n) is 4.55. The van der Waals surface area contributed by atoms with Crippen molar-refractivity contribution in [2.24, 2.45) is 0 Å². The van der Waals surface area contributed by atoms with Gasteiger partial charge in [0.25, 0.3) is 0 Å². The third-order valence-electron chi connectivity index (χ3n) is 2.16. The van der Waals surface area contributed by atoms with Gasteiger partial charge in [0.15, 0.2) is 0 Å². The van der Waals surface area contributed by atoms with Crippen molar-refractivity contribution in [3.8, 4) is 0 Å². The average Bonchev–Trinajstić information content (AvgIpc) is 2.13. The standard InChI is InChI=1S/C9H13N3OS/c1-6-8(10-2)11-5-12-9(6)14-7-3-13-4-7/h5,7H,3-4H2,1-2H3,(H,10,11,12). The number of nitrogens with one attached hydrogen (secondary N) is 1. The first kappa shape index (κ1) is 9.73. The predicted octanol–water partition coefficient (Wildman–Crippen LogP) is 1.32. The molecule has 0 amide bonds. The van der Waals surface area contributed by atoms with Gasteiger partial charge in [0, 0.05) is 12.6 Å². The number of nitrogens with zero attached hydrogens (tertiary/aromatic N) is 2. The molecule has 1 aromatic heterocycles. The van der Waals surface area contributed by atoms with Crippen LogP contribution in [0.25, 0.3) is 0 Å². The highest BCUT2D eigenvalue weighted by molar-refractivity contribution is 8.00. The van der Waals surface area contributed by atoms with Crippen molar-refractivity contribution in [2.75, 3.05) is 25.6 Å². The van der Waals surface area contributed by atoms with Crippen LogP contribution in [0.5, 0.6) is 0 Å². The summed E-state index contributed by atoms with van der Waals surface area (Å²) in [6.45, 7) is 3.71. The summed E-state index contributed by atoms with van der Waals surface area (Å²) in [5.41, 5.74) is 1.12. The predicted molar refractivity (Wildman–Crippen MR) is 56.8 cm³/mol. The van der Waals surface area contributed by atoms with Crippen molar-refractivity contribution in [1.82, 2.24) is 9.97 Å². The molecule has 0 saturated carbocycles. The first-order valence-corrected chi connectivity index (χ1v) is 5.43. The molecule has 1 N–H and O–H groups in total. The summed E-state index contributed by atoms with van der Waals surface area (Å²) >= 11 is 1.77. The van der Waals surface area contributed by atoms with Crippen molar-refractivity contribution in [3.63, 3.8) is 0 Å². The summed E-state index contributed by atoms with van der Waals surface area (Å²) < 4.78 is 5.12. The Hall–Kier alpha value is -0.810. The van der Waals surface area contributed by atoms with Crippen molar-refractivity contribution in [3.05, 3.63) is 11.9 Å². The molecule has 2 rings (SSSR count). The molecule has 4 nitrogen and oxygen atoms in total. The van der Waals surface area contributed by atoms with Crippen LogP contribution in [0.15, 0.2) is 11.4 Å². The van der Waals surface area contributed by atoms with E-state index in [9.17, 15) is 0 Å². The second-order valence-corrected chi connectivity index (χ2v) is 4.47. The molecule has 76 valence electrons. The van der Waals surface area contributed by atoms with Crippen LogP contribution in [0.1, 0.15) is 5.56 Å². The second-order valence-electron chi connectivity index (χ2n) is 3.18. The van der Waals surface area contributed by atoms with Crippen molar-refractivity contribution < 1.29 is 4.74 Å². The maximum Gasteiger partial charge on any atom is 0.133 e. The van der Waals surface area contributed by atoms with Crippen molar-refractivity contribution in [1.29, 1.82) is 0 Å². The maximum absolute atomic E-state index is 5.12. The molecule has 1 aliphatic heterocycles. The van der Waals surface area contributed by atoms with Gasteiger partial charge in [0.2, 0.25) is 0 Å². The zero-order valence-electron chi connectivity index (χ0n) is 8.28. The third-order valence-corrected chi connectivity index (χ3v) is 3.40. The molecule has 0 spiro atoms. The van der Waals surface area contributed by atoms with E-state index in [1.165, 1.54) is 0 Å². The van der Waals surface area contributed by atoms with Gasteiger partial charge in [0.1, 0.15) is 17.2 Å². The number of thioether (sulfide) groups is 1. The van der Waals surface area contributed by atoms with Gasteiger partial charge in [-0.25, -0.2) is 9.97 Å². The van der Waals surface area contributed by atoms with Crippen molar-refractivity contribution >= 4 is 17.6 Å². The van der Waals surface area contributed by atoms with E-state index in [4.69, 9.17) is 4.74 Å². The molecule has 2 heterocycles. The highest BCUT2D eigenvalue weighted by Crippen LogP contribution is 2.30. The van der Waals surface area contributed by atoms with E-state index in [2.05, 4.69) is 15.3 Å². The quantitative estimate of drug-likeness (QED) is 0.764. The number of aromatic nitrogens is 2. The fourth-order valence-corrected chi connectivity index (χ4v) is 2.27. The van der Waals surface area contributed by atoms with Crippen LogP contribution < -0.4 is 5.32 Å². The van der Waals surface area contributed by atoms with Crippen molar-refractivity contribution in [2.45, 2.75) is 17.2 Å². The van der Waals surface area contributed by atoms with Crippen LogP contribution in [0, 0.1) is 6.92 Å². The molecule has 1 aliphatic rings. The van der Waals surface area contributed by atoms with Gasteiger partial charge in [-0.3, -0.25) is 0 Å². The van der Waals surface area contributed by atoms with E-state index in [-0.39, 0.29) is 0 Å². The number of hydrogen-bond donors (Lipinski definition) is 1. The molecule has 0 aromatic carbocycles. The molecular weight excluding hydrogens is 198 g/mol. The lowest BCUT2D eigenvalue weighted by molar-refractivity contribution is 0.0454. The van der Waals surface area contributed by atoms with Gasteiger partial charge in [-0.15, -0.1) is 0 Å². The van der Waals surface area contributed by atoms with Gasteiger partial charge in [-0.05, 0) is 6.92 Å². The summed E-state index contributed by atoms with van der Waals surface area (Å²) in [6, 6.07) is 0. The fourth-order valence-electron chi connectivity index (χ4n) is 1.24. The van der Waals surface area contributed by atoms with Gasteiger partial charge in [0.05, 0.1) is 18.5 Å². The highest BCUT2D eigenvalue weighted by atomic mass is 32.2. The molecule has 1 saturated heterocycles. The molecule has 0 aliphatic carbocycles. The molecule has 14 heavy (non-hydrogen) atoms. The van der Waals surface area contributed by atoms with E-state index >= 15 is 0 Å². The molecule has 1 aromatic rings. The normalized spacial score (nSPS) is 16.4. The van der Waals surface area contributed by atoms with Gasteiger partial charge >= 0.3 is 0 Å². The molecule has 0 unspecified atom stereocenters. The van der Waals surface area contributed by atoms with Crippen LogP contribution in [0.3, 0.4) is 0 Å². The molecule has 0 bridgehead atoms. The summed E-state index contributed by atoms with van der Waals surface area (Å²) in [6.07, 6.45) is 1.60. The number of hydrogen-bond acceptors (Lipinski definition) is 5. The Morgan fingerprint density at radius 3 is 2.86 bits per heavy atom. The minimum atomic E-state index is 0.563. The fraction of sp³-hybridized carbons (Fsp3) is 0.556. The monoisotopic (exact) mass is 211 g/mol. The lowest BCUT2D eigenvalue weighted by Crippen LogP contribution is -2.30. The molecule has 1 fully saturated rings. The summed E-state index contributed by atoms with van der Waals surface area (Å²) in [7, 11) is 1.87. The zero-order chi connectivity index (χ0) is 9.97. The molecular formula is C9H13N3OS. The van der Waals surface area contributed by atoms with Crippen LogP contribution in [0.4, 0.5) is 5.82 Å². The molecule has 0 atom stereocenters. The van der Waals surface area contributed by atoms with E-state index in [0.29, 0.717) is 5.25 Å². The van der Waals surface area contributed by atoms with E-state index < -0.39 is 0 Å². The van der Waals surface area contributed by atoms with E-state index in [1.54, 1.807) is 18.1 Å².